The lowest BCUT2D eigenvalue weighted by atomic mass is 10.4. The van der Waals surface area contributed by atoms with Crippen molar-refractivity contribution < 1.29 is 31.5 Å². The van der Waals surface area contributed by atoms with E-state index in [0.29, 0.717) is 0 Å². The summed E-state index contributed by atoms with van der Waals surface area (Å²) in [6.07, 6.45) is -0.363. The first-order chi connectivity index (χ1) is 9.52. The molecule has 1 aromatic carbocycles. The molecule has 0 atom stereocenters. The molecule has 0 saturated carbocycles. The molecule has 1 aromatic rings. The predicted molar refractivity (Wildman–Crippen MR) is 70.4 cm³/mol. The molecule has 0 aliphatic rings. The largest absolute Gasteiger partial charge is 0.481 e. The van der Waals surface area contributed by atoms with Crippen LogP contribution in [-0.4, -0.2) is 42.9 Å². The number of hydrogen-bond acceptors (Lipinski definition) is 4. The maximum absolute atomic E-state index is 12.2. The summed E-state index contributed by atoms with van der Waals surface area (Å²) in [7, 11) is -2.71. The van der Waals surface area contributed by atoms with Crippen LogP contribution in [0.25, 0.3) is 0 Å². The van der Waals surface area contributed by atoms with Crippen molar-refractivity contribution in [2.45, 2.75) is 21.7 Å². The highest BCUT2D eigenvalue weighted by molar-refractivity contribution is 8.00. The normalized spacial score (nSPS) is 12.6. The third-order valence-corrected chi connectivity index (χ3v) is 5.02. The number of carboxylic acids is 1. The first-order valence-electron chi connectivity index (χ1n) is 5.56. The second kappa shape index (κ2) is 6.67. The predicted octanol–water partition coefficient (Wildman–Crippen LogP) is 2.39. The molecule has 1 rings (SSSR count). The molecule has 0 aliphatic carbocycles. The molecule has 0 unspecified atom stereocenters. The molecule has 0 spiro atoms. The molecule has 5 nitrogen and oxygen atoms in total. The topological polar surface area (TPSA) is 74.7 Å². The van der Waals surface area contributed by atoms with Gasteiger partial charge in [-0.25, -0.2) is 12.7 Å². The van der Waals surface area contributed by atoms with Gasteiger partial charge in [-0.1, -0.05) is 0 Å². The van der Waals surface area contributed by atoms with Crippen LogP contribution in [0.1, 0.15) is 6.42 Å². The van der Waals surface area contributed by atoms with Gasteiger partial charge in [-0.15, -0.1) is 0 Å². The van der Waals surface area contributed by atoms with Crippen LogP contribution in [0.3, 0.4) is 0 Å². The van der Waals surface area contributed by atoms with Gasteiger partial charge in [-0.05, 0) is 36.0 Å². The van der Waals surface area contributed by atoms with E-state index in [-0.39, 0.29) is 34.5 Å². The maximum atomic E-state index is 12.2. The lowest BCUT2D eigenvalue weighted by Gasteiger charge is -2.16. The fraction of sp³-hybridized carbons (Fsp3) is 0.364. The quantitative estimate of drug-likeness (QED) is 0.803. The zero-order valence-corrected chi connectivity index (χ0v) is 12.4. The highest BCUT2D eigenvalue weighted by Crippen LogP contribution is 2.37. The third-order valence-electron chi connectivity index (χ3n) is 2.41. The summed E-state index contributed by atoms with van der Waals surface area (Å²) in [6.45, 7) is -0.225. The van der Waals surface area contributed by atoms with Crippen LogP contribution in [0.4, 0.5) is 13.2 Å². The summed E-state index contributed by atoms with van der Waals surface area (Å²) in [5.74, 6) is -1.14. The minimum atomic E-state index is -4.45. The Morgan fingerprint density at radius 2 is 1.81 bits per heavy atom. The highest BCUT2D eigenvalue weighted by atomic mass is 32.2. The number of alkyl halides is 3. The van der Waals surface area contributed by atoms with Crippen molar-refractivity contribution in [3.8, 4) is 0 Å². The Balaban J connectivity index is 2.87. The second-order valence-corrected chi connectivity index (χ2v) is 7.17. The Morgan fingerprint density at radius 3 is 2.24 bits per heavy atom. The van der Waals surface area contributed by atoms with E-state index in [2.05, 4.69) is 0 Å². The summed E-state index contributed by atoms with van der Waals surface area (Å²) in [6, 6.07) is 4.22. The van der Waals surface area contributed by atoms with Crippen LogP contribution < -0.4 is 0 Å². The molecule has 21 heavy (non-hydrogen) atoms. The monoisotopic (exact) mass is 343 g/mol. The van der Waals surface area contributed by atoms with E-state index < -0.39 is 21.5 Å². The second-order valence-electron chi connectivity index (χ2n) is 3.99. The van der Waals surface area contributed by atoms with Crippen molar-refractivity contribution in [2.75, 3.05) is 13.6 Å². The van der Waals surface area contributed by atoms with Crippen LogP contribution in [0, 0.1) is 0 Å². The Morgan fingerprint density at radius 1 is 1.29 bits per heavy atom. The minimum absolute atomic E-state index is 0.130. The van der Waals surface area contributed by atoms with Gasteiger partial charge in [-0.3, -0.25) is 4.79 Å². The van der Waals surface area contributed by atoms with E-state index in [4.69, 9.17) is 5.11 Å². The third kappa shape index (κ3) is 5.56. The van der Waals surface area contributed by atoms with Crippen molar-refractivity contribution in [2.24, 2.45) is 0 Å². The highest BCUT2D eigenvalue weighted by Gasteiger charge is 2.29. The number of sulfonamides is 1. The number of hydrogen-bond donors (Lipinski definition) is 1. The maximum Gasteiger partial charge on any atom is 0.446 e. The Labute approximate surface area is 123 Å². The number of carbonyl (C=O) groups is 1. The van der Waals surface area contributed by atoms with Gasteiger partial charge in [0.1, 0.15) is 0 Å². The molecule has 0 radical (unpaired) electrons. The summed E-state index contributed by atoms with van der Waals surface area (Å²) < 4.78 is 61.4. The molecule has 10 heteroatoms. The Hall–Kier alpha value is -1.26. The van der Waals surface area contributed by atoms with Crippen molar-refractivity contribution in [1.29, 1.82) is 0 Å². The fourth-order valence-electron chi connectivity index (χ4n) is 1.37. The van der Waals surface area contributed by atoms with Crippen molar-refractivity contribution >= 4 is 27.8 Å². The van der Waals surface area contributed by atoms with Gasteiger partial charge in [0.2, 0.25) is 10.0 Å². The van der Waals surface area contributed by atoms with Gasteiger partial charge >= 0.3 is 11.5 Å². The molecule has 118 valence electrons. The Kier molecular flexibility index (Phi) is 5.65. The SMILES string of the molecule is CN(CCC(=O)O)S(=O)(=O)c1ccc(SC(F)(F)F)cc1. The molecule has 0 saturated heterocycles. The first kappa shape index (κ1) is 17.8. The van der Waals surface area contributed by atoms with E-state index in [1.807, 2.05) is 0 Å². The van der Waals surface area contributed by atoms with Crippen LogP contribution in [0.5, 0.6) is 0 Å². The van der Waals surface area contributed by atoms with Crippen molar-refractivity contribution in [3.63, 3.8) is 0 Å². The zero-order valence-electron chi connectivity index (χ0n) is 10.8. The fourth-order valence-corrected chi connectivity index (χ4v) is 3.08. The molecule has 0 aliphatic heterocycles. The molecule has 0 amide bonds. The Bertz CT molecular complexity index is 599. The van der Waals surface area contributed by atoms with E-state index in [0.717, 1.165) is 28.6 Å². The lowest BCUT2D eigenvalue weighted by Crippen LogP contribution is -2.29. The number of thioether (sulfide) groups is 1. The van der Waals surface area contributed by atoms with Gasteiger partial charge in [0.25, 0.3) is 0 Å². The van der Waals surface area contributed by atoms with Gasteiger partial charge in [0.15, 0.2) is 0 Å². The smallest absolute Gasteiger partial charge is 0.446 e. The van der Waals surface area contributed by atoms with Gasteiger partial charge < -0.3 is 5.11 Å². The van der Waals surface area contributed by atoms with Crippen molar-refractivity contribution in [1.82, 2.24) is 4.31 Å². The van der Waals surface area contributed by atoms with Gasteiger partial charge in [0.05, 0.1) is 11.3 Å². The summed E-state index contributed by atoms with van der Waals surface area (Å²) in [5.41, 5.74) is -4.45. The van der Waals surface area contributed by atoms with Crippen molar-refractivity contribution in [3.05, 3.63) is 24.3 Å². The van der Waals surface area contributed by atoms with E-state index in [1.54, 1.807) is 0 Å². The van der Waals surface area contributed by atoms with E-state index in [9.17, 15) is 26.4 Å². The molecule has 0 heterocycles. The number of benzene rings is 1. The van der Waals surface area contributed by atoms with E-state index in [1.165, 1.54) is 7.05 Å². The number of aliphatic carboxylic acids is 1. The summed E-state index contributed by atoms with van der Waals surface area (Å²) in [5, 5.41) is 8.51. The minimum Gasteiger partial charge on any atom is -0.481 e. The average molecular weight is 343 g/mol. The molecule has 0 aromatic heterocycles. The van der Waals surface area contributed by atoms with Crippen LogP contribution in [0.2, 0.25) is 0 Å². The summed E-state index contributed by atoms with van der Waals surface area (Å²) in [4.78, 5) is 10.1. The van der Waals surface area contributed by atoms with Crippen LogP contribution in [-0.2, 0) is 14.8 Å². The molecular weight excluding hydrogens is 331 g/mol. The summed E-state index contributed by atoms with van der Waals surface area (Å²) >= 11 is -0.343. The molecule has 0 bridgehead atoms. The molecule has 1 N–H and O–H groups in total. The molecule has 0 fully saturated rings. The number of nitrogens with zero attached hydrogens (tertiary/aromatic N) is 1. The number of halogens is 3. The van der Waals surface area contributed by atoms with Crippen LogP contribution >= 0.6 is 11.8 Å². The standard InChI is InChI=1S/C11H12F3NO4S2/c1-15(7-6-10(16)17)21(18,19)9-4-2-8(3-5-9)20-11(12,13)14/h2-5H,6-7H2,1H3,(H,16,17). The first-order valence-corrected chi connectivity index (χ1v) is 7.82. The average Bonchev–Trinajstić information content (AvgIpc) is 2.34. The zero-order chi connectivity index (χ0) is 16.3. The lowest BCUT2D eigenvalue weighted by molar-refractivity contribution is -0.137. The number of rotatable bonds is 6. The van der Waals surface area contributed by atoms with Crippen LogP contribution in [0.15, 0.2) is 34.1 Å². The molecular formula is C11H12F3NO4S2. The van der Waals surface area contributed by atoms with Gasteiger partial charge in [0, 0.05) is 18.5 Å². The number of carboxylic acid groups (broad SMARTS) is 1. The van der Waals surface area contributed by atoms with E-state index >= 15 is 0 Å². The van der Waals surface area contributed by atoms with Gasteiger partial charge in [-0.2, -0.15) is 13.2 Å².